The lowest BCUT2D eigenvalue weighted by Gasteiger charge is -2.10. The maximum atomic E-state index is 11.0. The first-order valence-electron chi connectivity index (χ1n) is 5.76. The smallest absolute Gasteiger partial charge is 0.221 e. The number of benzene rings is 1. The van der Waals surface area contributed by atoms with E-state index in [1.54, 1.807) is 11.3 Å². The van der Waals surface area contributed by atoms with Gasteiger partial charge >= 0.3 is 0 Å². The molecule has 2 aromatic rings. The first-order valence-corrected chi connectivity index (χ1v) is 7.43. The summed E-state index contributed by atoms with van der Waals surface area (Å²) in [5.41, 5.74) is 4.67. The number of aryl methyl sites for hydroxylation is 1. The second-order valence-corrected chi connectivity index (χ2v) is 5.88. The van der Waals surface area contributed by atoms with Gasteiger partial charge < -0.3 is 10.6 Å². The van der Waals surface area contributed by atoms with E-state index in [1.807, 2.05) is 30.6 Å². The SMILES string of the molecule is CC(=O)Nc1ccc(NCc2scnc2C)c(Br)c1. The Kier molecular flexibility index (Phi) is 4.55. The van der Waals surface area contributed by atoms with Gasteiger partial charge in [0.05, 0.1) is 17.7 Å². The van der Waals surface area contributed by atoms with Gasteiger partial charge in [-0.1, -0.05) is 0 Å². The lowest BCUT2D eigenvalue weighted by atomic mass is 10.2. The predicted molar refractivity (Wildman–Crippen MR) is 82.6 cm³/mol. The Morgan fingerprint density at radius 3 is 2.84 bits per heavy atom. The third-order valence-corrected chi connectivity index (χ3v) is 4.16. The molecule has 4 nitrogen and oxygen atoms in total. The van der Waals surface area contributed by atoms with Gasteiger partial charge in [0, 0.05) is 27.6 Å². The van der Waals surface area contributed by atoms with Crippen LogP contribution >= 0.6 is 27.3 Å². The minimum atomic E-state index is -0.0760. The molecule has 0 aliphatic heterocycles. The Bertz CT molecular complexity index is 597. The van der Waals surface area contributed by atoms with Crippen LogP contribution in [0, 0.1) is 6.92 Å². The fraction of sp³-hybridized carbons (Fsp3) is 0.231. The minimum absolute atomic E-state index is 0.0760. The molecule has 0 fully saturated rings. The van der Waals surface area contributed by atoms with Crippen LogP contribution in [0.15, 0.2) is 28.2 Å². The molecule has 0 aliphatic rings. The maximum Gasteiger partial charge on any atom is 0.221 e. The average molecular weight is 340 g/mol. The van der Waals surface area contributed by atoms with Crippen molar-refractivity contribution in [2.45, 2.75) is 20.4 Å². The zero-order valence-electron chi connectivity index (χ0n) is 10.7. The second-order valence-electron chi connectivity index (χ2n) is 4.09. The molecular weight excluding hydrogens is 326 g/mol. The highest BCUT2D eigenvalue weighted by atomic mass is 79.9. The van der Waals surface area contributed by atoms with E-state index in [1.165, 1.54) is 11.8 Å². The summed E-state index contributed by atoms with van der Waals surface area (Å²) in [6.45, 7) is 4.24. The van der Waals surface area contributed by atoms with E-state index in [9.17, 15) is 4.79 Å². The van der Waals surface area contributed by atoms with Gasteiger partial charge in [0.15, 0.2) is 0 Å². The van der Waals surface area contributed by atoms with E-state index in [-0.39, 0.29) is 5.91 Å². The summed E-state index contributed by atoms with van der Waals surface area (Å²) in [7, 11) is 0. The van der Waals surface area contributed by atoms with Crippen molar-refractivity contribution in [2.24, 2.45) is 0 Å². The number of carbonyl (C=O) groups is 1. The largest absolute Gasteiger partial charge is 0.379 e. The summed E-state index contributed by atoms with van der Waals surface area (Å²) in [6.07, 6.45) is 0. The lowest BCUT2D eigenvalue weighted by molar-refractivity contribution is -0.114. The van der Waals surface area contributed by atoms with Crippen molar-refractivity contribution in [3.05, 3.63) is 38.8 Å². The Labute approximate surface area is 124 Å². The fourth-order valence-electron chi connectivity index (χ4n) is 1.61. The monoisotopic (exact) mass is 339 g/mol. The third-order valence-electron chi connectivity index (χ3n) is 2.57. The number of amides is 1. The average Bonchev–Trinajstić information content (AvgIpc) is 2.73. The standard InChI is InChI=1S/C13H14BrN3OS/c1-8-13(19-7-16-8)6-15-12-4-3-10(5-11(12)14)17-9(2)18/h3-5,7,15H,6H2,1-2H3,(H,17,18). The van der Waals surface area contributed by atoms with Crippen LogP contribution < -0.4 is 10.6 Å². The van der Waals surface area contributed by atoms with Crippen LogP contribution in [0.25, 0.3) is 0 Å². The van der Waals surface area contributed by atoms with Crippen molar-refractivity contribution in [1.29, 1.82) is 0 Å². The third kappa shape index (κ3) is 3.78. The number of anilines is 2. The molecule has 2 rings (SSSR count). The van der Waals surface area contributed by atoms with Gasteiger partial charge in [-0.2, -0.15) is 0 Å². The van der Waals surface area contributed by atoms with Crippen LogP contribution in [0.3, 0.4) is 0 Å². The maximum absolute atomic E-state index is 11.0. The molecule has 0 saturated heterocycles. The molecule has 1 amide bonds. The summed E-state index contributed by atoms with van der Waals surface area (Å²) < 4.78 is 0.918. The zero-order valence-corrected chi connectivity index (χ0v) is 13.1. The molecule has 0 spiro atoms. The summed E-state index contributed by atoms with van der Waals surface area (Å²) in [5.74, 6) is -0.0760. The molecule has 0 aliphatic carbocycles. The summed E-state index contributed by atoms with van der Waals surface area (Å²) in [6, 6.07) is 5.68. The summed E-state index contributed by atoms with van der Waals surface area (Å²) in [5, 5.41) is 6.09. The molecule has 1 aromatic carbocycles. The molecule has 0 radical (unpaired) electrons. The highest BCUT2D eigenvalue weighted by Gasteiger charge is 2.05. The van der Waals surface area contributed by atoms with Gasteiger partial charge in [-0.15, -0.1) is 11.3 Å². The molecular formula is C13H14BrN3OS. The van der Waals surface area contributed by atoms with Crippen molar-refractivity contribution < 1.29 is 4.79 Å². The number of carbonyl (C=O) groups excluding carboxylic acids is 1. The molecule has 1 heterocycles. The molecule has 6 heteroatoms. The van der Waals surface area contributed by atoms with Crippen molar-refractivity contribution in [2.75, 3.05) is 10.6 Å². The van der Waals surface area contributed by atoms with Gasteiger partial charge in [-0.3, -0.25) is 4.79 Å². The Balaban J connectivity index is 2.05. The lowest BCUT2D eigenvalue weighted by Crippen LogP contribution is -2.06. The molecule has 0 atom stereocenters. The number of hydrogen-bond donors (Lipinski definition) is 2. The number of nitrogens with one attached hydrogen (secondary N) is 2. The normalized spacial score (nSPS) is 10.3. The molecule has 19 heavy (non-hydrogen) atoms. The first-order chi connectivity index (χ1) is 9.06. The molecule has 0 bridgehead atoms. The molecule has 1 aromatic heterocycles. The molecule has 100 valence electrons. The number of aromatic nitrogens is 1. The Hall–Kier alpha value is -1.40. The predicted octanol–water partition coefficient (Wildman–Crippen LogP) is 3.78. The van der Waals surface area contributed by atoms with Gasteiger partial charge in [-0.25, -0.2) is 4.98 Å². The zero-order chi connectivity index (χ0) is 13.8. The van der Waals surface area contributed by atoms with E-state index in [0.717, 1.165) is 28.1 Å². The van der Waals surface area contributed by atoms with E-state index in [2.05, 4.69) is 31.5 Å². The number of nitrogens with zero attached hydrogens (tertiary/aromatic N) is 1. The van der Waals surface area contributed by atoms with Crippen molar-refractivity contribution >= 4 is 44.5 Å². The highest BCUT2D eigenvalue weighted by Crippen LogP contribution is 2.27. The van der Waals surface area contributed by atoms with Crippen LogP contribution in [-0.4, -0.2) is 10.9 Å². The number of halogens is 1. The van der Waals surface area contributed by atoms with Crippen molar-refractivity contribution in [3.63, 3.8) is 0 Å². The quantitative estimate of drug-likeness (QED) is 0.890. The fourth-order valence-corrected chi connectivity index (χ4v) is 2.85. The number of thiazole rings is 1. The second kappa shape index (κ2) is 6.16. The summed E-state index contributed by atoms with van der Waals surface area (Å²) in [4.78, 5) is 16.4. The molecule has 0 saturated carbocycles. The number of hydrogen-bond acceptors (Lipinski definition) is 4. The van der Waals surface area contributed by atoms with Crippen LogP contribution in [0.1, 0.15) is 17.5 Å². The van der Waals surface area contributed by atoms with Crippen LogP contribution in [0.4, 0.5) is 11.4 Å². The van der Waals surface area contributed by atoms with E-state index < -0.39 is 0 Å². The van der Waals surface area contributed by atoms with Crippen LogP contribution in [0.2, 0.25) is 0 Å². The van der Waals surface area contributed by atoms with Crippen LogP contribution in [0.5, 0.6) is 0 Å². The first kappa shape index (κ1) is 14.0. The highest BCUT2D eigenvalue weighted by molar-refractivity contribution is 9.10. The van der Waals surface area contributed by atoms with E-state index in [4.69, 9.17) is 0 Å². The molecule has 2 N–H and O–H groups in total. The van der Waals surface area contributed by atoms with Gasteiger partial charge in [-0.05, 0) is 41.1 Å². The van der Waals surface area contributed by atoms with Gasteiger partial charge in [0.25, 0.3) is 0 Å². The van der Waals surface area contributed by atoms with Crippen LogP contribution in [-0.2, 0) is 11.3 Å². The Morgan fingerprint density at radius 1 is 1.47 bits per heavy atom. The minimum Gasteiger partial charge on any atom is -0.379 e. The van der Waals surface area contributed by atoms with Gasteiger partial charge in [0.1, 0.15) is 0 Å². The van der Waals surface area contributed by atoms with Crippen molar-refractivity contribution in [1.82, 2.24) is 4.98 Å². The van der Waals surface area contributed by atoms with Gasteiger partial charge in [0.2, 0.25) is 5.91 Å². The Morgan fingerprint density at radius 2 is 2.26 bits per heavy atom. The van der Waals surface area contributed by atoms with E-state index in [0.29, 0.717) is 0 Å². The van der Waals surface area contributed by atoms with E-state index >= 15 is 0 Å². The topological polar surface area (TPSA) is 54.0 Å². The van der Waals surface area contributed by atoms with Crippen molar-refractivity contribution in [3.8, 4) is 0 Å². The number of rotatable bonds is 4. The molecule has 0 unspecified atom stereocenters. The summed E-state index contributed by atoms with van der Waals surface area (Å²) >= 11 is 5.13.